The number of ether oxygens (including phenoxy) is 1. The normalized spacial score (nSPS) is 17.7. The van der Waals surface area contributed by atoms with E-state index in [1.54, 1.807) is 19.4 Å². The number of aromatic nitrogens is 1. The fourth-order valence-corrected chi connectivity index (χ4v) is 3.95. The number of thiophene rings is 1. The Morgan fingerprint density at radius 3 is 3.04 bits per heavy atom. The quantitative estimate of drug-likeness (QED) is 0.782. The van der Waals surface area contributed by atoms with Gasteiger partial charge in [-0.1, -0.05) is 12.1 Å². The van der Waals surface area contributed by atoms with Gasteiger partial charge >= 0.3 is 6.03 Å². The van der Waals surface area contributed by atoms with Crippen LogP contribution >= 0.6 is 11.3 Å². The smallest absolute Gasteiger partial charge is 0.315 e. The minimum atomic E-state index is -0.129. The second-order valence-electron chi connectivity index (χ2n) is 6.60. The minimum Gasteiger partial charge on any atom is -0.481 e. The summed E-state index contributed by atoms with van der Waals surface area (Å²) in [6.07, 6.45) is 4.07. The molecule has 0 spiro atoms. The molecule has 6 nitrogen and oxygen atoms in total. The molecule has 0 unspecified atom stereocenters. The van der Waals surface area contributed by atoms with E-state index < -0.39 is 0 Å². The number of hydrogen-bond acceptors (Lipinski definition) is 5. The first-order chi connectivity index (χ1) is 12.7. The molecule has 3 rings (SSSR count). The summed E-state index contributed by atoms with van der Waals surface area (Å²) in [6.45, 7) is 4.38. The first kappa shape index (κ1) is 18.7. The van der Waals surface area contributed by atoms with Crippen LogP contribution in [0.4, 0.5) is 4.79 Å². The zero-order valence-electron chi connectivity index (χ0n) is 15.1. The van der Waals surface area contributed by atoms with E-state index in [-0.39, 0.29) is 6.03 Å². The van der Waals surface area contributed by atoms with Crippen LogP contribution in [0.2, 0.25) is 0 Å². The van der Waals surface area contributed by atoms with Gasteiger partial charge in [-0.2, -0.15) is 0 Å². The Balaban J connectivity index is 1.36. The maximum Gasteiger partial charge on any atom is 0.315 e. The number of rotatable bonds is 7. The third-order valence-electron chi connectivity index (χ3n) is 4.57. The van der Waals surface area contributed by atoms with Crippen LogP contribution in [0, 0.1) is 5.92 Å². The number of pyridine rings is 1. The number of likely N-dealkylation sites (tertiary alicyclic amines) is 1. The van der Waals surface area contributed by atoms with E-state index in [1.165, 1.54) is 17.7 Å². The van der Waals surface area contributed by atoms with Crippen molar-refractivity contribution in [3.05, 3.63) is 46.3 Å². The molecule has 2 aromatic heterocycles. The summed E-state index contributed by atoms with van der Waals surface area (Å²) >= 11 is 1.81. The van der Waals surface area contributed by atoms with Gasteiger partial charge in [-0.3, -0.25) is 4.90 Å². The van der Waals surface area contributed by atoms with Crippen molar-refractivity contribution in [1.29, 1.82) is 0 Å². The van der Waals surface area contributed by atoms with Crippen molar-refractivity contribution in [2.24, 2.45) is 5.92 Å². The van der Waals surface area contributed by atoms with Gasteiger partial charge in [0.1, 0.15) is 0 Å². The van der Waals surface area contributed by atoms with Gasteiger partial charge in [-0.05, 0) is 42.3 Å². The van der Waals surface area contributed by atoms with Gasteiger partial charge < -0.3 is 15.4 Å². The van der Waals surface area contributed by atoms with E-state index in [9.17, 15) is 4.79 Å². The Bertz CT molecular complexity index is 675. The third-order valence-corrected chi connectivity index (χ3v) is 5.43. The lowest BCUT2D eigenvalue weighted by molar-refractivity contribution is 0.166. The molecule has 140 valence electrons. The molecule has 2 N–H and O–H groups in total. The van der Waals surface area contributed by atoms with Crippen molar-refractivity contribution in [2.75, 3.05) is 26.7 Å². The van der Waals surface area contributed by atoms with Crippen molar-refractivity contribution < 1.29 is 9.53 Å². The van der Waals surface area contributed by atoms with Crippen LogP contribution in [-0.2, 0) is 13.1 Å². The summed E-state index contributed by atoms with van der Waals surface area (Å²) in [4.78, 5) is 20.1. The van der Waals surface area contributed by atoms with Crippen LogP contribution in [0.1, 0.15) is 23.3 Å². The number of urea groups is 1. The second-order valence-corrected chi connectivity index (χ2v) is 7.63. The standard InChI is InChI=1S/C19H26N4O2S/c1-25-18-7-6-15(10-20-18)11-21-19(24)22-12-16-4-2-8-23(13-16)14-17-5-3-9-26-17/h3,5-7,9-10,16H,2,4,8,11-14H2,1H3,(H2,21,22,24)/t16-/m1/s1. The van der Waals surface area contributed by atoms with E-state index in [4.69, 9.17) is 4.74 Å². The fourth-order valence-electron chi connectivity index (χ4n) is 3.20. The van der Waals surface area contributed by atoms with E-state index in [2.05, 4.69) is 38.0 Å². The maximum absolute atomic E-state index is 12.0. The van der Waals surface area contributed by atoms with Crippen LogP contribution in [0.3, 0.4) is 0 Å². The molecule has 2 amide bonds. The van der Waals surface area contributed by atoms with Gasteiger partial charge in [-0.25, -0.2) is 9.78 Å². The van der Waals surface area contributed by atoms with E-state index in [0.29, 0.717) is 24.9 Å². The number of hydrogen-bond donors (Lipinski definition) is 2. The molecule has 1 fully saturated rings. The van der Waals surface area contributed by atoms with Crippen molar-refractivity contribution in [3.63, 3.8) is 0 Å². The summed E-state index contributed by atoms with van der Waals surface area (Å²) in [5.74, 6) is 1.08. The van der Waals surface area contributed by atoms with Gasteiger partial charge in [0.25, 0.3) is 0 Å². The topological polar surface area (TPSA) is 66.5 Å². The number of carbonyl (C=O) groups excluding carboxylic acids is 1. The van der Waals surface area contributed by atoms with Gasteiger partial charge in [0, 0.05) is 43.3 Å². The Morgan fingerprint density at radius 2 is 2.31 bits per heavy atom. The van der Waals surface area contributed by atoms with Crippen LogP contribution < -0.4 is 15.4 Å². The summed E-state index contributed by atoms with van der Waals surface area (Å²) in [7, 11) is 1.58. The number of carbonyl (C=O) groups is 1. The predicted octanol–water partition coefficient (Wildman–Crippen LogP) is 2.86. The zero-order valence-corrected chi connectivity index (χ0v) is 15.9. The Kier molecular flexibility index (Phi) is 6.85. The average molecular weight is 375 g/mol. The molecule has 1 atom stereocenters. The molecular formula is C19H26N4O2S. The summed E-state index contributed by atoms with van der Waals surface area (Å²) in [5.41, 5.74) is 0.945. The van der Waals surface area contributed by atoms with Crippen molar-refractivity contribution in [3.8, 4) is 5.88 Å². The molecule has 1 saturated heterocycles. The molecule has 1 aliphatic heterocycles. The van der Waals surface area contributed by atoms with Crippen LogP contribution in [0.25, 0.3) is 0 Å². The monoisotopic (exact) mass is 374 g/mol. The molecule has 0 radical (unpaired) electrons. The molecular weight excluding hydrogens is 348 g/mol. The third kappa shape index (κ3) is 5.71. The zero-order chi connectivity index (χ0) is 18.2. The molecule has 26 heavy (non-hydrogen) atoms. The lowest BCUT2D eigenvalue weighted by Gasteiger charge is -2.32. The van der Waals surface area contributed by atoms with Gasteiger partial charge in [-0.15, -0.1) is 11.3 Å². The SMILES string of the molecule is COc1ccc(CNC(=O)NC[C@H]2CCCN(Cc3cccs3)C2)cn1. The number of nitrogens with one attached hydrogen (secondary N) is 2. The highest BCUT2D eigenvalue weighted by atomic mass is 32.1. The highest BCUT2D eigenvalue weighted by molar-refractivity contribution is 7.09. The predicted molar refractivity (Wildman–Crippen MR) is 103 cm³/mol. The van der Waals surface area contributed by atoms with Crippen molar-refractivity contribution in [1.82, 2.24) is 20.5 Å². The molecule has 7 heteroatoms. The van der Waals surface area contributed by atoms with Crippen molar-refractivity contribution >= 4 is 17.4 Å². The Hall–Kier alpha value is -2.12. The van der Waals surface area contributed by atoms with Gasteiger partial charge in [0.05, 0.1) is 7.11 Å². The van der Waals surface area contributed by atoms with E-state index in [0.717, 1.165) is 25.2 Å². The number of amides is 2. The molecule has 0 saturated carbocycles. The molecule has 0 aliphatic carbocycles. The molecule has 2 aromatic rings. The largest absolute Gasteiger partial charge is 0.481 e. The Labute approximate surface area is 158 Å². The van der Waals surface area contributed by atoms with Gasteiger partial charge in [0.2, 0.25) is 5.88 Å². The second kappa shape index (κ2) is 9.54. The summed E-state index contributed by atoms with van der Waals surface area (Å²) < 4.78 is 5.03. The van der Waals surface area contributed by atoms with Crippen LogP contribution in [-0.4, -0.2) is 42.7 Å². The van der Waals surface area contributed by atoms with E-state index in [1.807, 2.05) is 17.4 Å². The molecule has 1 aliphatic rings. The molecule has 0 aromatic carbocycles. The minimum absolute atomic E-state index is 0.129. The lowest BCUT2D eigenvalue weighted by atomic mass is 9.98. The Morgan fingerprint density at radius 1 is 1.38 bits per heavy atom. The highest BCUT2D eigenvalue weighted by Gasteiger charge is 2.20. The molecule has 0 bridgehead atoms. The number of nitrogens with zero attached hydrogens (tertiary/aromatic N) is 2. The summed E-state index contributed by atoms with van der Waals surface area (Å²) in [6, 6.07) is 7.85. The first-order valence-electron chi connectivity index (χ1n) is 8.98. The fraction of sp³-hybridized carbons (Fsp3) is 0.474. The van der Waals surface area contributed by atoms with Gasteiger partial charge in [0.15, 0.2) is 0 Å². The number of methoxy groups -OCH3 is 1. The summed E-state index contributed by atoms with van der Waals surface area (Å²) in [5, 5.41) is 8.01. The average Bonchev–Trinajstić information content (AvgIpc) is 3.18. The first-order valence-corrected chi connectivity index (χ1v) is 9.86. The van der Waals surface area contributed by atoms with Crippen LogP contribution in [0.15, 0.2) is 35.8 Å². The van der Waals surface area contributed by atoms with Crippen molar-refractivity contribution in [2.45, 2.75) is 25.9 Å². The lowest BCUT2D eigenvalue weighted by Crippen LogP contribution is -2.43. The maximum atomic E-state index is 12.0. The van der Waals surface area contributed by atoms with E-state index >= 15 is 0 Å². The van der Waals surface area contributed by atoms with Crippen LogP contribution in [0.5, 0.6) is 5.88 Å². The molecule has 3 heterocycles. The number of piperidine rings is 1. The highest BCUT2D eigenvalue weighted by Crippen LogP contribution is 2.19.